The quantitative estimate of drug-likeness (QED) is 0.656. The first kappa shape index (κ1) is 18.7. The Labute approximate surface area is 174 Å². The lowest BCUT2D eigenvalue weighted by molar-refractivity contribution is -0.0150. The minimum absolute atomic E-state index is 0.108. The number of rotatable bonds is 4. The molecule has 0 aromatic carbocycles. The molecular formula is C21H24N6O3. The second kappa shape index (κ2) is 7.16. The number of hydrogen-bond donors (Lipinski definition) is 0. The van der Waals surface area contributed by atoms with Crippen LogP contribution in [-0.4, -0.2) is 69.0 Å². The minimum Gasteiger partial charge on any atom is -0.481 e. The zero-order valence-corrected chi connectivity index (χ0v) is 17.2. The molecule has 2 atom stereocenters. The van der Waals surface area contributed by atoms with Crippen LogP contribution in [0.15, 0.2) is 36.8 Å². The van der Waals surface area contributed by atoms with Crippen molar-refractivity contribution < 1.29 is 14.3 Å². The van der Waals surface area contributed by atoms with Crippen LogP contribution < -0.4 is 9.64 Å². The number of carbonyl (C=O) groups excluding carboxylic acids is 1. The van der Waals surface area contributed by atoms with E-state index in [2.05, 4.69) is 15.0 Å². The Kier molecular flexibility index (Phi) is 4.45. The van der Waals surface area contributed by atoms with Crippen molar-refractivity contribution in [3.8, 4) is 17.0 Å². The van der Waals surface area contributed by atoms with Crippen molar-refractivity contribution in [3.05, 3.63) is 36.8 Å². The maximum Gasteiger partial charge on any atom is 0.410 e. The normalized spacial score (nSPS) is 20.4. The molecule has 30 heavy (non-hydrogen) atoms. The number of piperidine rings is 1. The molecule has 3 saturated heterocycles. The molecule has 6 rings (SSSR count). The summed E-state index contributed by atoms with van der Waals surface area (Å²) in [6.07, 6.45) is 6.08. The highest BCUT2D eigenvalue weighted by molar-refractivity contribution is 5.80. The van der Waals surface area contributed by atoms with Crippen molar-refractivity contribution in [2.75, 3.05) is 25.1 Å². The second-order valence-electron chi connectivity index (χ2n) is 7.96. The van der Waals surface area contributed by atoms with E-state index in [4.69, 9.17) is 14.5 Å². The molecule has 2 unspecified atom stereocenters. The van der Waals surface area contributed by atoms with E-state index >= 15 is 0 Å². The predicted molar refractivity (Wildman–Crippen MR) is 111 cm³/mol. The van der Waals surface area contributed by atoms with Crippen LogP contribution in [0.1, 0.15) is 20.3 Å². The summed E-state index contributed by atoms with van der Waals surface area (Å²) >= 11 is 0. The summed E-state index contributed by atoms with van der Waals surface area (Å²) in [5.41, 5.74) is 2.46. The molecule has 2 bridgehead atoms. The number of amides is 1. The van der Waals surface area contributed by atoms with Crippen LogP contribution in [0.4, 0.5) is 10.6 Å². The molecule has 3 aliphatic rings. The second-order valence-corrected chi connectivity index (χ2v) is 7.96. The first-order valence-electron chi connectivity index (χ1n) is 10.1. The Hall–Kier alpha value is -3.36. The minimum atomic E-state index is -0.212. The highest BCUT2D eigenvalue weighted by atomic mass is 16.6. The average molecular weight is 408 g/mol. The lowest BCUT2D eigenvalue weighted by atomic mass is 9.88. The monoisotopic (exact) mass is 408 g/mol. The first-order valence-corrected chi connectivity index (χ1v) is 10.1. The maximum absolute atomic E-state index is 12.3. The molecule has 156 valence electrons. The van der Waals surface area contributed by atoms with Crippen LogP contribution in [0.5, 0.6) is 5.88 Å². The number of hydrogen-bond acceptors (Lipinski definition) is 7. The van der Waals surface area contributed by atoms with Crippen molar-refractivity contribution in [1.82, 2.24) is 24.5 Å². The van der Waals surface area contributed by atoms with Gasteiger partial charge in [0.05, 0.1) is 37.1 Å². The van der Waals surface area contributed by atoms with Crippen LogP contribution in [0.2, 0.25) is 0 Å². The van der Waals surface area contributed by atoms with E-state index in [1.165, 1.54) is 0 Å². The van der Waals surface area contributed by atoms with Gasteiger partial charge in [-0.05, 0) is 38.5 Å². The molecule has 9 heteroatoms. The Morgan fingerprint density at radius 1 is 1.20 bits per heavy atom. The summed E-state index contributed by atoms with van der Waals surface area (Å²) < 4.78 is 12.6. The van der Waals surface area contributed by atoms with E-state index in [9.17, 15) is 4.79 Å². The van der Waals surface area contributed by atoms with Gasteiger partial charge in [0.25, 0.3) is 0 Å². The molecule has 0 N–H and O–H groups in total. The molecule has 3 aliphatic heterocycles. The van der Waals surface area contributed by atoms with E-state index in [1.54, 1.807) is 24.0 Å². The lowest BCUT2D eigenvalue weighted by Gasteiger charge is -2.55. The van der Waals surface area contributed by atoms with Gasteiger partial charge in [0, 0.05) is 31.0 Å². The number of aromatic nitrogens is 4. The molecule has 6 heterocycles. The molecule has 0 spiro atoms. The summed E-state index contributed by atoms with van der Waals surface area (Å²) in [6.45, 7) is 5.23. The number of fused-ring (bicyclic) bond motifs is 3. The van der Waals surface area contributed by atoms with Gasteiger partial charge in [0.15, 0.2) is 5.65 Å². The Balaban J connectivity index is 1.41. The third kappa shape index (κ3) is 3.01. The van der Waals surface area contributed by atoms with Crippen LogP contribution in [0.3, 0.4) is 0 Å². The van der Waals surface area contributed by atoms with Crippen LogP contribution in [0.25, 0.3) is 16.8 Å². The van der Waals surface area contributed by atoms with Gasteiger partial charge < -0.3 is 14.4 Å². The van der Waals surface area contributed by atoms with Crippen molar-refractivity contribution in [3.63, 3.8) is 0 Å². The SMILES string of the molecule is COc1ncccc1-c1cnn2ccc(N3CC4CC(C3)N4C(=O)OC(C)C)nc12. The Bertz CT molecular complexity index is 1090. The first-order chi connectivity index (χ1) is 14.5. The van der Waals surface area contributed by atoms with Crippen molar-refractivity contribution in [2.45, 2.75) is 38.5 Å². The standard InChI is InChI=1S/C21H24N6O3/c1-13(2)30-21(28)27-14-9-15(27)12-25(11-14)18-6-8-26-19(24-18)17(10-23-26)16-5-4-7-22-20(16)29-3/h4-8,10,13-15H,9,11-12H2,1-3H3. The van der Waals surface area contributed by atoms with Crippen LogP contribution >= 0.6 is 0 Å². The summed E-state index contributed by atoms with van der Waals surface area (Å²) in [5, 5.41) is 4.43. The average Bonchev–Trinajstić information content (AvgIpc) is 3.16. The lowest BCUT2D eigenvalue weighted by Crippen LogP contribution is -2.70. The van der Waals surface area contributed by atoms with E-state index in [1.807, 2.05) is 43.1 Å². The molecular weight excluding hydrogens is 384 g/mol. The third-order valence-electron chi connectivity index (χ3n) is 5.67. The zero-order chi connectivity index (χ0) is 20.8. The fraction of sp³-hybridized carbons (Fsp3) is 0.429. The van der Waals surface area contributed by atoms with Crippen molar-refractivity contribution in [2.24, 2.45) is 0 Å². The smallest absolute Gasteiger partial charge is 0.410 e. The predicted octanol–water partition coefficient (Wildman–Crippen LogP) is 2.61. The van der Waals surface area contributed by atoms with Gasteiger partial charge in [-0.2, -0.15) is 5.10 Å². The fourth-order valence-electron chi connectivity index (χ4n) is 4.34. The third-order valence-corrected chi connectivity index (χ3v) is 5.67. The van der Waals surface area contributed by atoms with Gasteiger partial charge in [0.1, 0.15) is 5.82 Å². The number of ether oxygens (including phenoxy) is 2. The Morgan fingerprint density at radius 3 is 2.73 bits per heavy atom. The number of carbonyl (C=O) groups is 1. The highest BCUT2D eigenvalue weighted by Crippen LogP contribution is 2.36. The Morgan fingerprint density at radius 2 is 2.00 bits per heavy atom. The molecule has 0 aliphatic carbocycles. The molecule has 1 amide bonds. The number of piperazine rings is 1. The van der Waals surface area contributed by atoms with E-state index in [0.29, 0.717) is 5.88 Å². The summed E-state index contributed by atoms with van der Waals surface area (Å²) in [7, 11) is 1.60. The van der Waals surface area contributed by atoms with Gasteiger partial charge in [0.2, 0.25) is 5.88 Å². The van der Waals surface area contributed by atoms with E-state index < -0.39 is 0 Å². The number of anilines is 1. The van der Waals surface area contributed by atoms with Crippen LogP contribution in [0, 0.1) is 0 Å². The van der Waals surface area contributed by atoms with Gasteiger partial charge in [-0.15, -0.1) is 0 Å². The molecule has 0 radical (unpaired) electrons. The van der Waals surface area contributed by atoms with Gasteiger partial charge >= 0.3 is 6.09 Å². The number of pyridine rings is 1. The van der Waals surface area contributed by atoms with Crippen molar-refractivity contribution in [1.29, 1.82) is 0 Å². The fourth-order valence-corrected chi connectivity index (χ4v) is 4.34. The zero-order valence-electron chi connectivity index (χ0n) is 17.2. The molecule has 3 aromatic rings. The van der Waals surface area contributed by atoms with E-state index in [-0.39, 0.29) is 24.3 Å². The van der Waals surface area contributed by atoms with Gasteiger partial charge in [-0.25, -0.2) is 19.3 Å². The number of nitrogens with zero attached hydrogens (tertiary/aromatic N) is 6. The summed E-state index contributed by atoms with van der Waals surface area (Å²) in [6, 6.07) is 6.11. The summed E-state index contributed by atoms with van der Waals surface area (Å²) in [5.74, 6) is 1.41. The van der Waals surface area contributed by atoms with E-state index in [0.717, 1.165) is 42.1 Å². The van der Waals surface area contributed by atoms with Gasteiger partial charge in [-0.1, -0.05) is 0 Å². The molecule has 3 fully saturated rings. The summed E-state index contributed by atoms with van der Waals surface area (Å²) in [4.78, 5) is 25.6. The number of methoxy groups -OCH3 is 1. The van der Waals surface area contributed by atoms with Gasteiger partial charge in [-0.3, -0.25) is 4.90 Å². The molecule has 3 aromatic heterocycles. The maximum atomic E-state index is 12.3. The molecule has 0 saturated carbocycles. The topological polar surface area (TPSA) is 85.1 Å². The molecule has 9 nitrogen and oxygen atoms in total. The van der Waals surface area contributed by atoms with Crippen molar-refractivity contribution >= 4 is 17.6 Å². The van der Waals surface area contributed by atoms with Crippen LogP contribution in [-0.2, 0) is 4.74 Å². The highest BCUT2D eigenvalue weighted by Gasteiger charge is 2.48. The largest absolute Gasteiger partial charge is 0.481 e.